The van der Waals surface area contributed by atoms with Crippen molar-refractivity contribution in [1.82, 2.24) is 15.5 Å². The van der Waals surface area contributed by atoms with E-state index in [1.165, 1.54) is 0 Å². The number of benzene rings is 2. The maximum absolute atomic E-state index is 13.1. The van der Waals surface area contributed by atoms with E-state index in [-0.39, 0.29) is 12.5 Å². The van der Waals surface area contributed by atoms with Gasteiger partial charge < -0.3 is 16.0 Å². The van der Waals surface area contributed by atoms with Crippen molar-refractivity contribution in [3.05, 3.63) is 64.7 Å². The lowest BCUT2D eigenvalue weighted by Crippen LogP contribution is -2.44. The molecule has 4 rings (SSSR count). The number of nitrogens with zero attached hydrogens (tertiary/aromatic N) is 1. The molecule has 1 spiro atoms. The molecule has 3 N–H and O–H groups in total. The van der Waals surface area contributed by atoms with Gasteiger partial charge in [0.25, 0.3) is 5.91 Å². The molecule has 8 nitrogen and oxygen atoms in total. The molecule has 0 saturated carbocycles. The van der Waals surface area contributed by atoms with Crippen LogP contribution in [0.15, 0.2) is 42.5 Å². The molecule has 2 aromatic rings. The van der Waals surface area contributed by atoms with E-state index in [4.69, 9.17) is 0 Å². The van der Waals surface area contributed by atoms with Gasteiger partial charge in [-0.25, -0.2) is 4.79 Å². The van der Waals surface area contributed by atoms with Crippen LogP contribution in [0.2, 0.25) is 0 Å². The van der Waals surface area contributed by atoms with Crippen molar-refractivity contribution in [1.29, 1.82) is 0 Å². The van der Waals surface area contributed by atoms with Gasteiger partial charge >= 0.3 is 6.03 Å². The Morgan fingerprint density at radius 2 is 1.84 bits per heavy atom. The molecule has 0 unspecified atom stereocenters. The smallest absolute Gasteiger partial charge is 0.325 e. The highest BCUT2D eigenvalue weighted by Crippen LogP contribution is 2.41. The quantitative estimate of drug-likeness (QED) is 0.641. The minimum Gasteiger partial charge on any atom is -0.345 e. The maximum Gasteiger partial charge on any atom is 0.325 e. The van der Waals surface area contributed by atoms with Crippen molar-refractivity contribution in [2.75, 3.05) is 18.4 Å². The highest BCUT2D eigenvalue weighted by molar-refractivity contribution is 6.10. The summed E-state index contributed by atoms with van der Waals surface area (Å²) in [6.45, 7) is 3.15. The average Bonchev–Trinajstić information content (AvgIpc) is 3.23. The summed E-state index contributed by atoms with van der Waals surface area (Å²) in [5.41, 5.74) is 3.37. The molecule has 1 aliphatic heterocycles. The topological polar surface area (TPSA) is 108 Å². The minimum absolute atomic E-state index is 0.260. The summed E-state index contributed by atoms with van der Waals surface area (Å²) in [6.07, 6.45) is 1.15. The van der Waals surface area contributed by atoms with Crippen LogP contribution in [0.3, 0.4) is 0 Å². The second kappa shape index (κ2) is 7.86. The lowest BCUT2D eigenvalue weighted by molar-refractivity contribution is -0.135. The maximum atomic E-state index is 13.1. The zero-order chi connectivity index (χ0) is 22.2. The number of urea groups is 1. The van der Waals surface area contributed by atoms with Crippen LogP contribution in [0.1, 0.15) is 28.7 Å². The van der Waals surface area contributed by atoms with E-state index in [2.05, 4.69) is 16.0 Å². The fourth-order valence-corrected chi connectivity index (χ4v) is 4.19. The van der Waals surface area contributed by atoms with Gasteiger partial charge in [-0.1, -0.05) is 36.4 Å². The number of amides is 5. The number of carbonyl (C=O) groups excluding carboxylic acids is 4. The summed E-state index contributed by atoms with van der Waals surface area (Å²) in [5.74, 6) is -1.40. The van der Waals surface area contributed by atoms with Crippen LogP contribution in [-0.4, -0.2) is 41.7 Å². The van der Waals surface area contributed by atoms with E-state index >= 15 is 0 Å². The number of imide groups is 1. The van der Waals surface area contributed by atoms with E-state index < -0.39 is 29.9 Å². The fraction of sp³-hybridized carbons (Fsp3) is 0.304. The Morgan fingerprint density at radius 3 is 2.65 bits per heavy atom. The van der Waals surface area contributed by atoms with E-state index in [1.54, 1.807) is 6.07 Å². The molecule has 160 valence electrons. The summed E-state index contributed by atoms with van der Waals surface area (Å²) in [7, 11) is 0. The van der Waals surface area contributed by atoms with Gasteiger partial charge in [-0.05, 0) is 55.0 Å². The van der Waals surface area contributed by atoms with Gasteiger partial charge in [-0.15, -0.1) is 0 Å². The monoisotopic (exact) mass is 420 g/mol. The highest BCUT2D eigenvalue weighted by Gasteiger charge is 2.55. The molecule has 0 aromatic heterocycles. The Morgan fingerprint density at radius 1 is 1.06 bits per heavy atom. The number of anilines is 1. The lowest BCUT2D eigenvalue weighted by atomic mass is 9.92. The molecule has 1 heterocycles. The van der Waals surface area contributed by atoms with Crippen LogP contribution in [-0.2, 0) is 26.3 Å². The Labute approximate surface area is 180 Å². The fourth-order valence-electron chi connectivity index (χ4n) is 4.19. The van der Waals surface area contributed by atoms with Crippen molar-refractivity contribution in [2.45, 2.75) is 32.2 Å². The third-order valence-electron chi connectivity index (χ3n) is 6.05. The van der Waals surface area contributed by atoms with Crippen LogP contribution in [0.25, 0.3) is 0 Å². The van der Waals surface area contributed by atoms with E-state index in [0.29, 0.717) is 18.5 Å². The molecule has 2 aliphatic rings. The number of hydrogen-bond acceptors (Lipinski definition) is 4. The molecule has 5 amide bonds. The number of aryl methyl sites for hydroxylation is 2. The summed E-state index contributed by atoms with van der Waals surface area (Å²) in [6, 6.07) is 12.5. The molecule has 0 radical (unpaired) electrons. The first kappa shape index (κ1) is 20.6. The van der Waals surface area contributed by atoms with Crippen LogP contribution < -0.4 is 16.0 Å². The van der Waals surface area contributed by atoms with Crippen LogP contribution in [0.4, 0.5) is 10.5 Å². The van der Waals surface area contributed by atoms with Crippen molar-refractivity contribution >= 4 is 29.4 Å². The molecule has 1 aliphatic carbocycles. The highest BCUT2D eigenvalue weighted by atomic mass is 16.2. The number of carbonyl (C=O) groups is 4. The van der Waals surface area contributed by atoms with Gasteiger partial charge in [0, 0.05) is 5.69 Å². The largest absolute Gasteiger partial charge is 0.345 e. The molecule has 1 saturated heterocycles. The third kappa shape index (κ3) is 3.65. The number of fused-ring (bicyclic) bond motifs is 2. The van der Waals surface area contributed by atoms with Crippen LogP contribution >= 0.6 is 0 Å². The van der Waals surface area contributed by atoms with Crippen LogP contribution in [0.5, 0.6) is 0 Å². The molecule has 31 heavy (non-hydrogen) atoms. The van der Waals surface area contributed by atoms with E-state index in [9.17, 15) is 19.2 Å². The second-order valence-electron chi connectivity index (χ2n) is 7.96. The van der Waals surface area contributed by atoms with Crippen LogP contribution in [0, 0.1) is 13.8 Å². The first-order chi connectivity index (χ1) is 14.8. The lowest BCUT2D eigenvalue weighted by Gasteiger charge is -2.22. The molecule has 1 fully saturated rings. The van der Waals surface area contributed by atoms with E-state index in [1.807, 2.05) is 50.2 Å². The van der Waals surface area contributed by atoms with Gasteiger partial charge in [0.05, 0.1) is 6.54 Å². The number of nitrogens with one attached hydrogen (secondary N) is 3. The Kier molecular flexibility index (Phi) is 5.22. The molecule has 1 atom stereocenters. The standard InChI is InChI=1S/C23H24N4O4/c1-14-6-5-9-18(15(14)2)25-19(28)12-24-20(29)13-27-21(30)23(26-22(27)31)11-10-16-7-3-4-8-17(16)23/h3-9H,10-13H2,1-2H3,(H,24,29)(H,25,28)(H,26,31)/t23-/m1/s1. The average molecular weight is 420 g/mol. The predicted octanol–water partition coefficient (Wildman–Crippen LogP) is 1.75. The van der Waals surface area contributed by atoms with Crippen molar-refractivity contribution in [3.8, 4) is 0 Å². The molecule has 0 bridgehead atoms. The zero-order valence-electron chi connectivity index (χ0n) is 17.5. The molecular formula is C23H24N4O4. The Balaban J connectivity index is 1.36. The first-order valence-corrected chi connectivity index (χ1v) is 10.2. The number of hydrogen-bond donors (Lipinski definition) is 3. The number of rotatable bonds is 5. The van der Waals surface area contributed by atoms with Gasteiger partial charge in [0.2, 0.25) is 11.8 Å². The summed E-state index contributed by atoms with van der Waals surface area (Å²) >= 11 is 0. The third-order valence-corrected chi connectivity index (χ3v) is 6.05. The van der Waals surface area contributed by atoms with Gasteiger partial charge in [0.15, 0.2) is 0 Å². The van der Waals surface area contributed by atoms with Gasteiger partial charge in [-0.2, -0.15) is 0 Å². The first-order valence-electron chi connectivity index (χ1n) is 10.2. The van der Waals surface area contributed by atoms with Gasteiger partial charge in [-0.3, -0.25) is 19.3 Å². The van der Waals surface area contributed by atoms with Crippen molar-refractivity contribution < 1.29 is 19.2 Å². The normalized spacial score (nSPS) is 19.4. The SMILES string of the molecule is Cc1cccc(NC(=O)CNC(=O)CN2C(=O)N[C@@]3(CCc4ccccc43)C2=O)c1C. The Hall–Kier alpha value is -3.68. The Bertz CT molecular complexity index is 1100. The van der Waals surface area contributed by atoms with Crippen molar-refractivity contribution in [2.24, 2.45) is 0 Å². The molecular weight excluding hydrogens is 396 g/mol. The van der Waals surface area contributed by atoms with Gasteiger partial charge in [0.1, 0.15) is 12.1 Å². The second-order valence-corrected chi connectivity index (χ2v) is 7.96. The summed E-state index contributed by atoms with van der Waals surface area (Å²) in [5, 5.41) is 8.01. The molecule has 2 aromatic carbocycles. The summed E-state index contributed by atoms with van der Waals surface area (Å²) in [4.78, 5) is 51.0. The summed E-state index contributed by atoms with van der Waals surface area (Å²) < 4.78 is 0. The van der Waals surface area contributed by atoms with E-state index in [0.717, 1.165) is 27.2 Å². The zero-order valence-corrected chi connectivity index (χ0v) is 17.5. The predicted molar refractivity (Wildman–Crippen MR) is 114 cm³/mol. The van der Waals surface area contributed by atoms with Crippen molar-refractivity contribution in [3.63, 3.8) is 0 Å². The molecule has 8 heteroatoms. The minimum atomic E-state index is -1.10.